The Bertz CT molecular complexity index is 518. The Morgan fingerprint density at radius 2 is 1.90 bits per heavy atom. The molecule has 2 aliphatic rings. The van der Waals surface area contributed by atoms with Gasteiger partial charge in [-0.3, -0.25) is 9.69 Å². The molecule has 0 amide bonds. The number of carbonyl (C=O) groups is 1. The summed E-state index contributed by atoms with van der Waals surface area (Å²) in [5.41, 5.74) is 0.696. The van der Waals surface area contributed by atoms with E-state index in [1.807, 2.05) is 19.2 Å². The standard InChI is InChI=1S/C15H20N2O3/c1-16-5-6-17(2)12(10-16)15(18)11-3-4-13-14(9-11)20-8-7-19-13/h3-4,9,12H,5-8,10H2,1-2H3. The van der Waals surface area contributed by atoms with Gasteiger partial charge < -0.3 is 14.4 Å². The minimum atomic E-state index is -0.0868. The van der Waals surface area contributed by atoms with Crippen LogP contribution in [0.15, 0.2) is 18.2 Å². The second-order valence-corrected chi connectivity index (χ2v) is 5.48. The second-order valence-electron chi connectivity index (χ2n) is 5.48. The van der Waals surface area contributed by atoms with Gasteiger partial charge in [-0.05, 0) is 32.3 Å². The number of ketones is 1. The van der Waals surface area contributed by atoms with Gasteiger partial charge in [0.2, 0.25) is 0 Å². The molecule has 0 bridgehead atoms. The summed E-state index contributed by atoms with van der Waals surface area (Å²) < 4.78 is 11.0. The monoisotopic (exact) mass is 276 g/mol. The number of nitrogens with zero attached hydrogens (tertiary/aromatic N) is 2. The maximum atomic E-state index is 12.7. The largest absolute Gasteiger partial charge is 0.486 e. The molecule has 0 saturated carbocycles. The van der Waals surface area contributed by atoms with Crippen LogP contribution in [0.5, 0.6) is 11.5 Å². The first-order valence-electron chi connectivity index (χ1n) is 6.98. The van der Waals surface area contributed by atoms with E-state index in [1.165, 1.54) is 0 Å². The summed E-state index contributed by atoms with van der Waals surface area (Å²) in [4.78, 5) is 17.0. The number of piperazine rings is 1. The zero-order chi connectivity index (χ0) is 14.1. The molecule has 1 atom stereocenters. The minimum absolute atomic E-state index is 0.0868. The Balaban J connectivity index is 1.82. The van der Waals surface area contributed by atoms with Crippen LogP contribution in [0.2, 0.25) is 0 Å². The lowest BCUT2D eigenvalue weighted by Crippen LogP contribution is -2.53. The molecular weight excluding hydrogens is 256 g/mol. The zero-order valence-corrected chi connectivity index (χ0v) is 12.0. The van der Waals surface area contributed by atoms with Crippen molar-refractivity contribution in [3.05, 3.63) is 23.8 Å². The van der Waals surface area contributed by atoms with Crippen LogP contribution >= 0.6 is 0 Å². The summed E-state index contributed by atoms with van der Waals surface area (Å²) in [6.45, 7) is 3.79. The summed E-state index contributed by atoms with van der Waals surface area (Å²) in [5.74, 6) is 1.55. The van der Waals surface area contributed by atoms with E-state index in [0.29, 0.717) is 24.5 Å². The molecule has 20 heavy (non-hydrogen) atoms. The van der Waals surface area contributed by atoms with Crippen molar-refractivity contribution in [2.75, 3.05) is 46.9 Å². The van der Waals surface area contributed by atoms with Crippen LogP contribution in [0, 0.1) is 0 Å². The van der Waals surface area contributed by atoms with Crippen molar-refractivity contribution in [2.24, 2.45) is 0 Å². The summed E-state index contributed by atoms with van der Waals surface area (Å²) in [6, 6.07) is 5.38. The Kier molecular flexibility index (Phi) is 3.63. The topological polar surface area (TPSA) is 42.0 Å². The number of rotatable bonds is 2. The molecule has 0 aromatic heterocycles. The number of hydrogen-bond donors (Lipinski definition) is 0. The van der Waals surface area contributed by atoms with Gasteiger partial charge in [-0.25, -0.2) is 0 Å². The Labute approximate surface area is 119 Å². The molecule has 3 rings (SSSR count). The fourth-order valence-electron chi connectivity index (χ4n) is 2.68. The highest BCUT2D eigenvalue weighted by molar-refractivity contribution is 6.00. The van der Waals surface area contributed by atoms with Crippen LogP contribution in [0.1, 0.15) is 10.4 Å². The van der Waals surface area contributed by atoms with Gasteiger partial charge in [-0.1, -0.05) is 0 Å². The highest BCUT2D eigenvalue weighted by Gasteiger charge is 2.29. The first-order valence-corrected chi connectivity index (χ1v) is 6.98. The Morgan fingerprint density at radius 1 is 1.15 bits per heavy atom. The molecule has 0 spiro atoms. The van der Waals surface area contributed by atoms with Crippen LogP contribution in [0.3, 0.4) is 0 Å². The van der Waals surface area contributed by atoms with Gasteiger partial charge in [0.15, 0.2) is 17.3 Å². The Morgan fingerprint density at radius 3 is 2.70 bits per heavy atom. The SMILES string of the molecule is CN1CCN(C)C(C(=O)c2ccc3c(c2)OCCO3)C1. The number of fused-ring (bicyclic) bond motifs is 1. The molecule has 0 radical (unpaired) electrons. The molecule has 5 nitrogen and oxygen atoms in total. The average molecular weight is 276 g/mol. The third-order valence-corrected chi connectivity index (χ3v) is 3.98. The van der Waals surface area contributed by atoms with Crippen LogP contribution in [-0.4, -0.2) is 68.6 Å². The van der Waals surface area contributed by atoms with E-state index in [0.717, 1.165) is 25.4 Å². The smallest absolute Gasteiger partial charge is 0.181 e. The average Bonchev–Trinajstić information content (AvgIpc) is 2.48. The molecule has 2 aliphatic heterocycles. The van der Waals surface area contributed by atoms with E-state index in [2.05, 4.69) is 16.8 Å². The molecule has 1 unspecified atom stereocenters. The summed E-state index contributed by atoms with van der Waals surface area (Å²) in [5, 5.41) is 0. The van der Waals surface area contributed by atoms with Crippen molar-refractivity contribution in [2.45, 2.75) is 6.04 Å². The molecule has 108 valence electrons. The molecule has 1 aromatic rings. The molecule has 2 heterocycles. The first kappa shape index (κ1) is 13.4. The fraction of sp³-hybridized carbons (Fsp3) is 0.533. The lowest BCUT2D eigenvalue weighted by Gasteiger charge is -2.36. The quantitative estimate of drug-likeness (QED) is 0.750. The van der Waals surface area contributed by atoms with Gasteiger partial charge in [0.25, 0.3) is 0 Å². The van der Waals surface area contributed by atoms with E-state index >= 15 is 0 Å². The number of ether oxygens (including phenoxy) is 2. The van der Waals surface area contributed by atoms with Crippen molar-refractivity contribution in [1.82, 2.24) is 9.80 Å². The summed E-state index contributed by atoms with van der Waals surface area (Å²) in [6.07, 6.45) is 0. The van der Waals surface area contributed by atoms with Gasteiger partial charge >= 0.3 is 0 Å². The fourth-order valence-corrected chi connectivity index (χ4v) is 2.68. The predicted molar refractivity (Wildman–Crippen MR) is 75.7 cm³/mol. The third-order valence-electron chi connectivity index (χ3n) is 3.98. The van der Waals surface area contributed by atoms with Crippen LogP contribution in [0.25, 0.3) is 0 Å². The van der Waals surface area contributed by atoms with Crippen molar-refractivity contribution in [3.63, 3.8) is 0 Å². The van der Waals surface area contributed by atoms with Crippen molar-refractivity contribution in [1.29, 1.82) is 0 Å². The maximum Gasteiger partial charge on any atom is 0.181 e. The minimum Gasteiger partial charge on any atom is -0.486 e. The molecule has 1 aromatic carbocycles. The van der Waals surface area contributed by atoms with Crippen LogP contribution in [-0.2, 0) is 0 Å². The summed E-state index contributed by atoms with van der Waals surface area (Å²) >= 11 is 0. The highest BCUT2D eigenvalue weighted by Crippen LogP contribution is 2.31. The number of Topliss-reactive ketones (excluding diaryl/α,β-unsaturated/α-hetero) is 1. The molecular formula is C15H20N2O3. The van der Waals surface area contributed by atoms with Crippen molar-refractivity contribution in [3.8, 4) is 11.5 Å². The lowest BCUT2D eigenvalue weighted by molar-refractivity contribution is 0.0685. The number of benzene rings is 1. The first-order chi connectivity index (χ1) is 9.65. The van der Waals surface area contributed by atoms with Gasteiger partial charge in [-0.2, -0.15) is 0 Å². The summed E-state index contributed by atoms with van der Waals surface area (Å²) in [7, 11) is 4.06. The Hall–Kier alpha value is -1.59. The molecule has 1 saturated heterocycles. The number of hydrogen-bond acceptors (Lipinski definition) is 5. The van der Waals surface area contributed by atoms with Gasteiger partial charge in [0.05, 0.1) is 6.04 Å². The van der Waals surface area contributed by atoms with E-state index < -0.39 is 0 Å². The molecule has 1 fully saturated rings. The number of carbonyl (C=O) groups excluding carboxylic acids is 1. The highest BCUT2D eigenvalue weighted by atomic mass is 16.6. The second kappa shape index (κ2) is 5.42. The molecule has 5 heteroatoms. The van der Waals surface area contributed by atoms with Crippen molar-refractivity contribution < 1.29 is 14.3 Å². The van der Waals surface area contributed by atoms with E-state index in [-0.39, 0.29) is 11.8 Å². The maximum absolute atomic E-state index is 12.7. The molecule has 0 N–H and O–H groups in total. The predicted octanol–water partition coefficient (Wildman–Crippen LogP) is 0.886. The zero-order valence-electron chi connectivity index (χ0n) is 12.0. The van der Waals surface area contributed by atoms with Gasteiger partial charge in [0, 0.05) is 25.2 Å². The lowest BCUT2D eigenvalue weighted by atomic mass is 10.0. The van der Waals surface area contributed by atoms with Crippen LogP contribution < -0.4 is 9.47 Å². The normalized spacial score (nSPS) is 23.6. The number of likely N-dealkylation sites (N-methyl/N-ethyl adjacent to an activating group) is 2. The van der Waals surface area contributed by atoms with Crippen molar-refractivity contribution >= 4 is 5.78 Å². The molecule has 0 aliphatic carbocycles. The van der Waals surface area contributed by atoms with E-state index in [9.17, 15) is 4.79 Å². The van der Waals surface area contributed by atoms with Gasteiger partial charge in [-0.15, -0.1) is 0 Å². The van der Waals surface area contributed by atoms with Crippen LogP contribution in [0.4, 0.5) is 0 Å². The van der Waals surface area contributed by atoms with Gasteiger partial charge in [0.1, 0.15) is 13.2 Å². The van der Waals surface area contributed by atoms with E-state index in [4.69, 9.17) is 9.47 Å². The third kappa shape index (κ3) is 2.51. The van der Waals surface area contributed by atoms with E-state index in [1.54, 1.807) is 6.07 Å².